The summed E-state index contributed by atoms with van der Waals surface area (Å²) in [6.07, 6.45) is 0.564. The van der Waals surface area contributed by atoms with E-state index < -0.39 is 11.2 Å². The lowest BCUT2D eigenvalue weighted by atomic mass is 10.2. The third kappa shape index (κ3) is 2.28. The van der Waals surface area contributed by atoms with Crippen LogP contribution in [0.1, 0.15) is 18.9 Å². The number of hydrogen-bond acceptors (Lipinski definition) is 3. The van der Waals surface area contributed by atoms with Gasteiger partial charge in [-0.05, 0) is 6.42 Å². The fourth-order valence-electron chi connectivity index (χ4n) is 1.24. The normalized spacial score (nSPS) is 9.93. The zero-order chi connectivity index (χ0) is 11.4. The lowest BCUT2D eigenvalue weighted by Crippen LogP contribution is -2.37. The van der Waals surface area contributed by atoms with Crippen molar-refractivity contribution in [3.05, 3.63) is 31.6 Å². The van der Waals surface area contributed by atoms with Gasteiger partial charge in [-0.3, -0.25) is 14.3 Å². The Morgan fingerprint density at radius 3 is 2.73 bits per heavy atom. The van der Waals surface area contributed by atoms with E-state index in [1.807, 2.05) is 13.0 Å². The first-order valence-electron chi connectivity index (χ1n) is 4.50. The lowest BCUT2D eigenvalue weighted by Gasteiger charge is -2.05. The Labute approximate surface area is 90.9 Å². The van der Waals surface area contributed by atoms with E-state index in [2.05, 4.69) is 4.98 Å². The van der Waals surface area contributed by atoms with Crippen LogP contribution < -0.4 is 11.2 Å². The largest absolute Gasteiger partial charge is 0.329 e. The molecule has 1 heterocycles. The second kappa shape index (κ2) is 4.80. The van der Waals surface area contributed by atoms with Crippen LogP contribution >= 0.6 is 11.6 Å². The summed E-state index contributed by atoms with van der Waals surface area (Å²) in [7, 11) is 0. The molecule has 0 aliphatic heterocycles. The monoisotopic (exact) mass is 227 g/mol. The maximum atomic E-state index is 11.7. The third-order valence-corrected chi connectivity index (χ3v) is 2.26. The van der Waals surface area contributed by atoms with Crippen LogP contribution in [0.5, 0.6) is 0 Å². The molecule has 0 aliphatic rings. The van der Waals surface area contributed by atoms with Gasteiger partial charge in [-0.15, -0.1) is 0 Å². The fourth-order valence-corrected chi connectivity index (χ4v) is 1.47. The minimum atomic E-state index is -0.534. The molecule has 0 aliphatic carbocycles. The van der Waals surface area contributed by atoms with Gasteiger partial charge in [0.15, 0.2) is 0 Å². The topological polar surface area (TPSA) is 78.7 Å². The van der Waals surface area contributed by atoms with Crippen LogP contribution in [-0.4, -0.2) is 9.55 Å². The Balaban J connectivity index is 3.44. The van der Waals surface area contributed by atoms with Gasteiger partial charge in [0.2, 0.25) is 0 Å². The van der Waals surface area contributed by atoms with Crippen molar-refractivity contribution in [2.75, 3.05) is 0 Å². The first kappa shape index (κ1) is 11.5. The van der Waals surface area contributed by atoms with Gasteiger partial charge in [-0.2, -0.15) is 5.26 Å². The maximum Gasteiger partial charge on any atom is 0.329 e. The molecular weight excluding hydrogens is 218 g/mol. The summed E-state index contributed by atoms with van der Waals surface area (Å²) in [4.78, 5) is 25.4. The summed E-state index contributed by atoms with van der Waals surface area (Å²) >= 11 is 5.67. The number of halogens is 1. The highest BCUT2D eigenvalue weighted by molar-refractivity contribution is 6.30. The summed E-state index contributed by atoms with van der Waals surface area (Å²) < 4.78 is 1.05. The summed E-state index contributed by atoms with van der Waals surface area (Å²) in [5, 5.41) is 8.47. The van der Waals surface area contributed by atoms with Crippen molar-refractivity contribution in [1.29, 1.82) is 5.26 Å². The van der Waals surface area contributed by atoms with E-state index in [1.165, 1.54) is 0 Å². The average Bonchev–Trinajstić information content (AvgIpc) is 2.19. The number of nitrogens with one attached hydrogen (secondary N) is 1. The Morgan fingerprint density at radius 2 is 2.20 bits per heavy atom. The predicted octanol–water partition coefficient (Wildman–Crippen LogP) is 0.666. The second-order valence-corrected chi connectivity index (χ2v) is 3.39. The SMILES string of the molecule is CCCn1c(=O)[nH]c(Cl)c(CC#N)c1=O. The molecule has 0 aromatic carbocycles. The van der Waals surface area contributed by atoms with Gasteiger partial charge in [-0.1, -0.05) is 18.5 Å². The second-order valence-electron chi connectivity index (χ2n) is 3.01. The minimum Gasteiger partial charge on any atom is -0.297 e. The first-order chi connectivity index (χ1) is 7.11. The predicted molar refractivity (Wildman–Crippen MR) is 55.9 cm³/mol. The van der Waals surface area contributed by atoms with E-state index in [9.17, 15) is 9.59 Å². The molecule has 80 valence electrons. The molecule has 0 radical (unpaired) electrons. The standard InChI is InChI=1S/C9H10ClN3O2/c1-2-5-13-8(14)6(3-4-11)7(10)12-9(13)15/h2-3,5H2,1H3,(H,12,15). The van der Waals surface area contributed by atoms with Gasteiger partial charge < -0.3 is 0 Å². The molecule has 5 nitrogen and oxygen atoms in total. The first-order valence-corrected chi connectivity index (χ1v) is 4.88. The molecule has 0 saturated carbocycles. The van der Waals surface area contributed by atoms with E-state index >= 15 is 0 Å². The third-order valence-electron chi connectivity index (χ3n) is 1.93. The molecule has 1 rings (SSSR count). The number of aromatic amines is 1. The fraction of sp³-hybridized carbons (Fsp3) is 0.444. The maximum absolute atomic E-state index is 11.7. The van der Waals surface area contributed by atoms with Crippen LogP contribution in [0.4, 0.5) is 0 Å². The minimum absolute atomic E-state index is 0.0427. The molecule has 1 N–H and O–H groups in total. The van der Waals surface area contributed by atoms with Crippen LogP contribution in [-0.2, 0) is 13.0 Å². The van der Waals surface area contributed by atoms with Gasteiger partial charge in [-0.25, -0.2) is 4.79 Å². The molecular formula is C9H10ClN3O2. The summed E-state index contributed by atoms with van der Waals surface area (Å²) in [5.41, 5.74) is -0.868. The van der Waals surface area contributed by atoms with Gasteiger partial charge in [0, 0.05) is 6.54 Å². The number of nitrogens with zero attached hydrogens (tertiary/aromatic N) is 2. The number of aromatic nitrogens is 2. The average molecular weight is 228 g/mol. The molecule has 0 unspecified atom stereocenters. The van der Waals surface area contributed by atoms with Crippen LogP contribution in [0, 0.1) is 11.3 Å². The van der Waals surface area contributed by atoms with Crippen molar-refractivity contribution in [3.8, 4) is 6.07 Å². The summed E-state index contributed by atoms with van der Waals surface area (Å²) in [6, 6.07) is 1.83. The van der Waals surface area contributed by atoms with Crippen LogP contribution in [0.2, 0.25) is 5.15 Å². The Hall–Kier alpha value is -1.54. The van der Waals surface area contributed by atoms with Crippen LogP contribution in [0.25, 0.3) is 0 Å². The number of hydrogen-bond donors (Lipinski definition) is 1. The van der Waals surface area contributed by atoms with Crippen molar-refractivity contribution in [2.45, 2.75) is 26.3 Å². The summed E-state index contributed by atoms with van der Waals surface area (Å²) in [6.45, 7) is 2.17. The van der Waals surface area contributed by atoms with Crippen LogP contribution in [0.15, 0.2) is 9.59 Å². The van der Waals surface area contributed by atoms with Gasteiger partial charge in [0.25, 0.3) is 5.56 Å². The Bertz CT molecular complexity index is 510. The Morgan fingerprint density at radius 1 is 1.53 bits per heavy atom. The van der Waals surface area contributed by atoms with E-state index in [4.69, 9.17) is 16.9 Å². The molecule has 0 bridgehead atoms. The molecule has 0 atom stereocenters. The van der Waals surface area contributed by atoms with Crippen molar-refractivity contribution in [1.82, 2.24) is 9.55 Å². The Kier molecular flexibility index (Phi) is 3.69. The van der Waals surface area contributed by atoms with Crippen molar-refractivity contribution < 1.29 is 0 Å². The molecule has 1 aromatic heterocycles. The van der Waals surface area contributed by atoms with E-state index in [0.717, 1.165) is 4.57 Å². The van der Waals surface area contributed by atoms with Gasteiger partial charge >= 0.3 is 5.69 Å². The molecule has 0 spiro atoms. The zero-order valence-electron chi connectivity index (χ0n) is 8.21. The van der Waals surface area contributed by atoms with Crippen molar-refractivity contribution >= 4 is 11.6 Å². The van der Waals surface area contributed by atoms with Crippen molar-refractivity contribution in [2.24, 2.45) is 0 Å². The highest BCUT2D eigenvalue weighted by atomic mass is 35.5. The molecule has 0 saturated heterocycles. The van der Waals surface area contributed by atoms with Crippen molar-refractivity contribution in [3.63, 3.8) is 0 Å². The quantitative estimate of drug-likeness (QED) is 0.771. The molecule has 6 heteroatoms. The number of H-pyrrole nitrogens is 1. The zero-order valence-corrected chi connectivity index (χ0v) is 8.97. The molecule has 0 fully saturated rings. The molecule has 15 heavy (non-hydrogen) atoms. The smallest absolute Gasteiger partial charge is 0.297 e. The number of rotatable bonds is 3. The van der Waals surface area contributed by atoms with Gasteiger partial charge in [0.1, 0.15) is 5.15 Å². The van der Waals surface area contributed by atoms with E-state index in [0.29, 0.717) is 13.0 Å². The number of nitriles is 1. The van der Waals surface area contributed by atoms with E-state index in [1.54, 1.807) is 0 Å². The van der Waals surface area contributed by atoms with Gasteiger partial charge in [0.05, 0.1) is 18.1 Å². The summed E-state index contributed by atoms with van der Waals surface area (Å²) in [5.74, 6) is 0. The van der Waals surface area contributed by atoms with E-state index in [-0.39, 0.29) is 17.1 Å². The highest BCUT2D eigenvalue weighted by Crippen LogP contribution is 2.05. The lowest BCUT2D eigenvalue weighted by molar-refractivity contribution is 0.609. The highest BCUT2D eigenvalue weighted by Gasteiger charge is 2.11. The van der Waals surface area contributed by atoms with Crippen LogP contribution in [0.3, 0.4) is 0 Å². The molecule has 1 aromatic rings. The molecule has 0 amide bonds.